The first-order valence-electron chi connectivity index (χ1n) is 6.69. The summed E-state index contributed by atoms with van der Waals surface area (Å²) in [6.07, 6.45) is 2.21. The molecule has 2 aliphatic heterocycles. The molecule has 2 heterocycles. The van der Waals surface area contributed by atoms with E-state index >= 15 is 0 Å². The molecule has 2 fully saturated rings. The van der Waals surface area contributed by atoms with Gasteiger partial charge in [0.25, 0.3) is 0 Å². The Morgan fingerprint density at radius 1 is 1.30 bits per heavy atom. The van der Waals surface area contributed by atoms with Gasteiger partial charge >= 0.3 is 6.03 Å². The highest BCUT2D eigenvalue weighted by Gasteiger charge is 2.41. The van der Waals surface area contributed by atoms with Gasteiger partial charge in [-0.3, -0.25) is 0 Å². The number of anilines is 1. The maximum absolute atomic E-state index is 12.8. The average Bonchev–Trinajstić information content (AvgIpc) is 3.03. The van der Waals surface area contributed by atoms with Gasteiger partial charge in [-0.2, -0.15) is 0 Å². The Labute approximate surface area is 124 Å². The van der Waals surface area contributed by atoms with E-state index in [0.717, 1.165) is 39.0 Å². The zero-order chi connectivity index (χ0) is 13.3. The van der Waals surface area contributed by atoms with Crippen LogP contribution >= 0.6 is 12.4 Å². The molecule has 4 nitrogen and oxygen atoms in total. The molecule has 0 aliphatic carbocycles. The van der Waals surface area contributed by atoms with E-state index in [2.05, 4.69) is 10.6 Å². The first kappa shape index (κ1) is 15.1. The summed E-state index contributed by atoms with van der Waals surface area (Å²) in [5.74, 6) is -0.296. The van der Waals surface area contributed by atoms with Gasteiger partial charge in [-0.25, -0.2) is 9.18 Å². The Balaban J connectivity index is 0.00000147. The van der Waals surface area contributed by atoms with E-state index in [1.165, 1.54) is 12.1 Å². The summed E-state index contributed by atoms with van der Waals surface area (Å²) >= 11 is 0. The third kappa shape index (κ3) is 3.04. The monoisotopic (exact) mass is 299 g/mol. The molecule has 2 amide bonds. The maximum Gasteiger partial charge on any atom is 0.321 e. The van der Waals surface area contributed by atoms with Gasteiger partial charge in [-0.1, -0.05) is 0 Å². The van der Waals surface area contributed by atoms with Crippen LogP contribution in [0.15, 0.2) is 24.3 Å². The number of likely N-dealkylation sites (tertiary alicyclic amines) is 1. The highest BCUT2D eigenvalue weighted by molar-refractivity contribution is 5.89. The topological polar surface area (TPSA) is 44.4 Å². The zero-order valence-corrected chi connectivity index (χ0v) is 12.0. The van der Waals surface area contributed by atoms with Gasteiger partial charge in [-0.15, -0.1) is 12.4 Å². The molecule has 0 saturated carbocycles. The minimum Gasteiger partial charge on any atom is -0.324 e. The Morgan fingerprint density at radius 3 is 2.70 bits per heavy atom. The molecule has 1 aromatic rings. The minimum absolute atomic E-state index is 0. The van der Waals surface area contributed by atoms with E-state index in [0.29, 0.717) is 5.69 Å². The van der Waals surface area contributed by atoms with Gasteiger partial charge in [0.1, 0.15) is 5.82 Å². The summed E-state index contributed by atoms with van der Waals surface area (Å²) in [7, 11) is 0. The number of amides is 2. The third-order valence-electron chi connectivity index (χ3n) is 4.15. The predicted molar refractivity (Wildman–Crippen MR) is 78.8 cm³/mol. The van der Waals surface area contributed by atoms with Gasteiger partial charge in [0.15, 0.2) is 0 Å². The lowest BCUT2D eigenvalue weighted by molar-refractivity contribution is 0.215. The largest absolute Gasteiger partial charge is 0.324 e. The van der Waals surface area contributed by atoms with E-state index in [4.69, 9.17) is 0 Å². The molecule has 1 unspecified atom stereocenters. The second-order valence-corrected chi connectivity index (χ2v) is 5.54. The fourth-order valence-corrected chi connectivity index (χ4v) is 2.99. The van der Waals surface area contributed by atoms with E-state index < -0.39 is 0 Å². The fourth-order valence-electron chi connectivity index (χ4n) is 2.99. The van der Waals surface area contributed by atoms with Crippen molar-refractivity contribution in [2.24, 2.45) is 5.41 Å². The summed E-state index contributed by atoms with van der Waals surface area (Å²) in [4.78, 5) is 14.0. The fraction of sp³-hybridized carbons (Fsp3) is 0.500. The Bertz CT molecular complexity index is 474. The van der Waals surface area contributed by atoms with Crippen molar-refractivity contribution in [1.29, 1.82) is 0 Å². The molecule has 0 radical (unpaired) electrons. The number of carbonyl (C=O) groups excluding carboxylic acids is 1. The van der Waals surface area contributed by atoms with Crippen molar-refractivity contribution in [2.75, 3.05) is 31.5 Å². The lowest BCUT2D eigenvalue weighted by Crippen LogP contribution is -2.36. The van der Waals surface area contributed by atoms with E-state index in [-0.39, 0.29) is 29.7 Å². The number of rotatable bonds is 1. The number of urea groups is 1. The van der Waals surface area contributed by atoms with Crippen LogP contribution in [-0.4, -0.2) is 37.1 Å². The molecule has 3 rings (SSSR count). The van der Waals surface area contributed by atoms with Crippen LogP contribution in [0.5, 0.6) is 0 Å². The molecular formula is C14H19ClFN3O. The predicted octanol–water partition coefficient (Wildman–Crippen LogP) is 2.46. The second kappa shape index (κ2) is 5.97. The molecular weight excluding hydrogens is 281 g/mol. The molecule has 1 atom stereocenters. The standard InChI is InChI=1S/C14H18FN3O.ClH/c15-11-1-3-12(4-2-11)17-13(19)18-8-6-14(10-18)5-7-16-9-14;/h1-4,16H,5-10H2,(H,17,19);1H. The molecule has 20 heavy (non-hydrogen) atoms. The highest BCUT2D eigenvalue weighted by Crippen LogP contribution is 2.36. The van der Waals surface area contributed by atoms with Crippen LogP contribution in [0.3, 0.4) is 0 Å². The summed E-state index contributed by atoms with van der Waals surface area (Å²) in [6.45, 7) is 3.67. The number of hydrogen-bond donors (Lipinski definition) is 2. The molecule has 1 aromatic carbocycles. The first-order chi connectivity index (χ1) is 9.17. The van der Waals surface area contributed by atoms with Gasteiger partial charge in [0.05, 0.1) is 0 Å². The smallest absolute Gasteiger partial charge is 0.321 e. The number of nitrogens with zero attached hydrogens (tertiary/aromatic N) is 1. The Kier molecular flexibility index (Phi) is 4.50. The minimum atomic E-state index is -0.296. The first-order valence-corrected chi connectivity index (χ1v) is 6.69. The highest BCUT2D eigenvalue weighted by atomic mass is 35.5. The van der Waals surface area contributed by atoms with Crippen molar-refractivity contribution in [3.63, 3.8) is 0 Å². The maximum atomic E-state index is 12.8. The van der Waals surface area contributed by atoms with Crippen LogP contribution in [0.4, 0.5) is 14.9 Å². The summed E-state index contributed by atoms with van der Waals surface area (Å²) < 4.78 is 12.8. The molecule has 110 valence electrons. The number of hydrogen-bond acceptors (Lipinski definition) is 2. The van der Waals surface area contributed by atoms with Crippen LogP contribution in [0.25, 0.3) is 0 Å². The van der Waals surface area contributed by atoms with Crippen molar-refractivity contribution in [2.45, 2.75) is 12.8 Å². The quantitative estimate of drug-likeness (QED) is 0.837. The molecule has 0 bridgehead atoms. The SMILES string of the molecule is Cl.O=C(Nc1ccc(F)cc1)N1CCC2(CCNC2)C1. The lowest BCUT2D eigenvalue weighted by atomic mass is 9.87. The number of carbonyl (C=O) groups is 1. The van der Waals surface area contributed by atoms with Crippen molar-refractivity contribution >= 4 is 24.1 Å². The van der Waals surface area contributed by atoms with E-state index in [1.807, 2.05) is 4.90 Å². The molecule has 0 aromatic heterocycles. The van der Waals surface area contributed by atoms with Gasteiger partial charge in [-0.05, 0) is 43.7 Å². The molecule has 2 aliphatic rings. The van der Waals surface area contributed by atoms with Crippen LogP contribution < -0.4 is 10.6 Å². The van der Waals surface area contributed by atoms with Crippen molar-refractivity contribution in [3.8, 4) is 0 Å². The van der Waals surface area contributed by atoms with E-state index in [9.17, 15) is 9.18 Å². The van der Waals surface area contributed by atoms with Gasteiger partial charge in [0, 0.05) is 30.7 Å². The molecule has 2 N–H and O–H groups in total. The molecule has 6 heteroatoms. The van der Waals surface area contributed by atoms with Crippen LogP contribution in [0.1, 0.15) is 12.8 Å². The van der Waals surface area contributed by atoms with Gasteiger partial charge < -0.3 is 15.5 Å². The van der Waals surface area contributed by atoms with Gasteiger partial charge in [0.2, 0.25) is 0 Å². The van der Waals surface area contributed by atoms with E-state index in [1.54, 1.807) is 12.1 Å². The molecule has 2 saturated heterocycles. The molecule has 1 spiro atoms. The van der Waals surface area contributed by atoms with Crippen LogP contribution in [0.2, 0.25) is 0 Å². The lowest BCUT2D eigenvalue weighted by Gasteiger charge is -2.23. The summed E-state index contributed by atoms with van der Waals surface area (Å²) in [5, 5.41) is 6.19. The van der Waals surface area contributed by atoms with Crippen LogP contribution in [-0.2, 0) is 0 Å². The third-order valence-corrected chi connectivity index (χ3v) is 4.15. The second-order valence-electron chi connectivity index (χ2n) is 5.54. The summed E-state index contributed by atoms with van der Waals surface area (Å²) in [5.41, 5.74) is 0.914. The Morgan fingerprint density at radius 2 is 2.05 bits per heavy atom. The normalized spacial score (nSPS) is 24.8. The number of nitrogens with one attached hydrogen (secondary N) is 2. The van der Waals surface area contributed by atoms with Crippen molar-refractivity contribution < 1.29 is 9.18 Å². The van der Waals surface area contributed by atoms with Crippen molar-refractivity contribution in [3.05, 3.63) is 30.1 Å². The zero-order valence-electron chi connectivity index (χ0n) is 11.2. The Hall–Kier alpha value is -1.33. The summed E-state index contributed by atoms with van der Waals surface area (Å²) in [6, 6.07) is 5.77. The number of benzene rings is 1. The van der Waals surface area contributed by atoms with Crippen LogP contribution in [0, 0.1) is 11.2 Å². The number of halogens is 2. The average molecular weight is 300 g/mol. The van der Waals surface area contributed by atoms with Crippen molar-refractivity contribution in [1.82, 2.24) is 10.2 Å².